The molecule has 3 rings (SSSR count). The molecule has 168 valence electrons. The molecule has 2 aromatic rings. The van der Waals surface area contributed by atoms with Crippen molar-refractivity contribution < 1.29 is 31.1 Å². The monoisotopic (exact) mass is 457 g/mol. The third-order valence-corrected chi connectivity index (χ3v) is 7.93. The fourth-order valence-electron chi connectivity index (χ4n) is 3.67. The molecule has 0 spiro atoms. The van der Waals surface area contributed by atoms with Crippen LogP contribution in [-0.2, 0) is 38.6 Å². The van der Waals surface area contributed by atoms with Gasteiger partial charge in [-0.05, 0) is 44.0 Å². The Balaban J connectivity index is 1.96. The molecule has 0 amide bonds. The number of alkyl halides is 3. The van der Waals surface area contributed by atoms with E-state index in [-0.39, 0.29) is 37.5 Å². The maximum absolute atomic E-state index is 13.4. The van der Waals surface area contributed by atoms with Crippen LogP contribution in [0.25, 0.3) is 0 Å². The highest BCUT2D eigenvalue weighted by atomic mass is 32.2. The second-order valence-corrected chi connectivity index (χ2v) is 10.1. The Morgan fingerprint density at radius 2 is 2.13 bits per heavy atom. The zero-order chi connectivity index (χ0) is 22.9. The van der Waals surface area contributed by atoms with Crippen LogP contribution < -0.4 is 0 Å². The van der Waals surface area contributed by atoms with Crippen molar-refractivity contribution in [3.05, 3.63) is 47.3 Å². The maximum Gasteiger partial charge on any atom is 0.416 e. The van der Waals surface area contributed by atoms with Crippen LogP contribution in [0.1, 0.15) is 42.8 Å². The van der Waals surface area contributed by atoms with Gasteiger partial charge in [0.1, 0.15) is 12.8 Å². The van der Waals surface area contributed by atoms with Gasteiger partial charge < -0.3 is 9.47 Å². The van der Waals surface area contributed by atoms with Gasteiger partial charge in [0.2, 0.25) is 0 Å². The van der Waals surface area contributed by atoms with Crippen molar-refractivity contribution >= 4 is 9.84 Å². The van der Waals surface area contributed by atoms with Crippen LogP contribution in [0.3, 0.4) is 0 Å². The van der Waals surface area contributed by atoms with E-state index >= 15 is 0 Å². The molecule has 0 N–H and O–H groups in total. The molecule has 31 heavy (non-hydrogen) atoms. The average molecular weight is 457 g/mol. The van der Waals surface area contributed by atoms with Crippen molar-refractivity contribution in [1.82, 2.24) is 9.78 Å². The molecule has 1 aromatic carbocycles. The highest BCUT2D eigenvalue weighted by molar-refractivity contribution is 7.92. The van der Waals surface area contributed by atoms with Gasteiger partial charge in [0.05, 0.1) is 39.1 Å². The summed E-state index contributed by atoms with van der Waals surface area (Å²) < 4.78 is 77.1. The van der Waals surface area contributed by atoms with E-state index in [1.54, 1.807) is 6.07 Å². The normalized spacial score (nSPS) is 22.3. The lowest BCUT2D eigenvalue weighted by molar-refractivity contribution is -0.137. The van der Waals surface area contributed by atoms with Crippen LogP contribution in [0.15, 0.2) is 35.2 Å². The quantitative estimate of drug-likeness (QED) is 0.657. The van der Waals surface area contributed by atoms with E-state index < -0.39 is 32.4 Å². The first kappa shape index (κ1) is 23.2. The predicted molar refractivity (Wildman–Crippen MR) is 104 cm³/mol. The van der Waals surface area contributed by atoms with Crippen LogP contribution in [0.4, 0.5) is 13.2 Å². The van der Waals surface area contributed by atoms with E-state index in [0.717, 1.165) is 12.1 Å². The zero-order valence-corrected chi connectivity index (χ0v) is 17.8. The Hall–Kier alpha value is -2.42. The van der Waals surface area contributed by atoms with Crippen molar-refractivity contribution in [1.29, 1.82) is 5.26 Å². The fraction of sp³-hybridized carbons (Fsp3) is 0.500. The number of methoxy groups -OCH3 is 1. The number of aromatic nitrogens is 2. The lowest BCUT2D eigenvalue weighted by atomic mass is 9.94. The van der Waals surface area contributed by atoms with E-state index in [4.69, 9.17) is 14.7 Å². The van der Waals surface area contributed by atoms with Gasteiger partial charge in [0.15, 0.2) is 9.84 Å². The zero-order valence-electron chi connectivity index (χ0n) is 17.0. The molecule has 1 fully saturated rings. The van der Waals surface area contributed by atoms with Crippen LogP contribution in [0.5, 0.6) is 0 Å². The second-order valence-electron chi connectivity index (χ2n) is 7.61. The molecule has 1 aliphatic heterocycles. The topological polar surface area (TPSA) is 94.2 Å². The number of halogens is 3. The van der Waals surface area contributed by atoms with Crippen molar-refractivity contribution in [3.63, 3.8) is 0 Å². The number of ether oxygens (including phenoxy) is 2. The van der Waals surface area contributed by atoms with Crippen LogP contribution in [-0.4, -0.2) is 36.7 Å². The summed E-state index contributed by atoms with van der Waals surface area (Å²) in [5.41, 5.74) is 0.0310. The Morgan fingerprint density at radius 1 is 1.39 bits per heavy atom. The van der Waals surface area contributed by atoms with E-state index in [1.807, 2.05) is 6.07 Å². The van der Waals surface area contributed by atoms with Gasteiger partial charge >= 0.3 is 6.18 Å². The number of hydrogen-bond acceptors (Lipinski definition) is 6. The number of benzene rings is 1. The molecule has 0 bridgehead atoms. The number of nitrogens with zero attached hydrogens (tertiary/aromatic N) is 3. The van der Waals surface area contributed by atoms with Gasteiger partial charge in [-0.25, -0.2) is 13.1 Å². The van der Waals surface area contributed by atoms with Gasteiger partial charge in [-0.1, -0.05) is 6.07 Å². The summed E-state index contributed by atoms with van der Waals surface area (Å²) in [5, 5.41) is 13.2. The van der Waals surface area contributed by atoms with Gasteiger partial charge in [-0.3, -0.25) is 0 Å². The van der Waals surface area contributed by atoms with Crippen LogP contribution in [0.2, 0.25) is 0 Å². The van der Waals surface area contributed by atoms with Crippen molar-refractivity contribution in [3.8, 4) is 6.07 Å². The van der Waals surface area contributed by atoms with Crippen molar-refractivity contribution in [2.45, 2.75) is 54.8 Å². The molecular weight excluding hydrogens is 435 g/mol. The molecule has 1 aliphatic rings. The summed E-state index contributed by atoms with van der Waals surface area (Å²) in [5.74, 6) is 0. The van der Waals surface area contributed by atoms with Crippen LogP contribution in [0, 0.1) is 11.3 Å². The lowest BCUT2D eigenvalue weighted by Crippen LogP contribution is -2.42. The molecule has 0 saturated carbocycles. The largest absolute Gasteiger partial charge is 0.416 e. The fourth-order valence-corrected chi connectivity index (χ4v) is 5.50. The predicted octanol–water partition coefficient (Wildman–Crippen LogP) is 3.66. The Kier molecular flexibility index (Phi) is 6.45. The minimum atomic E-state index is -4.64. The summed E-state index contributed by atoms with van der Waals surface area (Å²) in [4.78, 5) is -0.374. The van der Waals surface area contributed by atoms with E-state index in [0.29, 0.717) is 17.5 Å². The number of nitriles is 1. The van der Waals surface area contributed by atoms with Gasteiger partial charge in [-0.15, -0.1) is 0 Å². The van der Waals surface area contributed by atoms with Crippen molar-refractivity contribution in [2.75, 3.05) is 13.7 Å². The first-order valence-corrected chi connectivity index (χ1v) is 11.0. The minimum absolute atomic E-state index is 0.0208. The molecule has 2 unspecified atom stereocenters. The highest BCUT2D eigenvalue weighted by Gasteiger charge is 2.46. The van der Waals surface area contributed by atoms with E-state index in [9.17, 15) is 21.6 Å². The summed E-state index contributed by atoms with van der Waals surface area (Å²) in [7, 11) is -2.64. The SMILES string of the molecule is COCn1nc(CC#N)cc1C1CC(C)(S(=O)(=O)c2cccc(C(F)(F)F)c2)CCO1. The lowest BCUT2D eigenvalue weighted by Gasteiger charge is -2.37. The Morgan fingerprint density at radius 3 is 2.77 bits per heavy atom. The smallest absolute Gasteiger partial charge is 0.372 e. The molecule has 1 aromatic heterocycles. The first-order chi connectivity index (χ1) is 14.5. The summed E-state index contributed by atoms with van der Waals surface area (Å²) in [6, 6.07) is 7.46. The van der Waals surface area contributed by atoms with E-state index in [2.05, 4.69) is 5.10 Å². The molecule has 1 saturated heterocycles. The molecule has 0 radical (unpaired) electrons. The molecule has 7 nitrogen and oxygen atoms in total. The molecule has 0 aliphatic carbocycles. The minimum Gasteiger partial charge on any atom is -0.372 e. The Labute approximate surface area is 178 Å². The van der Waals surface area contributed by atoms with Gasteiger partial charge in [0.25, 0.3) is 0 Å². The molecular formula is C20H22F3N3O4S. The highest BCUT2D eigenvalue weighted by Crippen LogP contribution is 2.43. The van der Waals surface area contributed by atoms with Gasteiger partial charge in [-0.2, -0.15) is 23.5 Å². The van der Waals surface area contributed by atoms with Crippen molar-refractivity contribution in [2.24, 2.45) is 0 Å². The first-order valence-electron chi connectivity index (χ1n) is 9.48. The molecule has 2 atom stereocenters. The second kappa shape index (κ2) is 8.61. The summed E-state index contributed by atoms with van der Waals surface area (Å²) >= 11 is 0. The van der Waals surface area contributed by atoms with E-state index in [1.165, 1.54) is 24.8 Å². The third-order valence-electron chi connectivity index (χ3n) is 5.39. The summed E-state index contributed by atoms with van der Waals surface area (Å²) in [6.45, 7) is 1.70. The number of hydrogen-bond donors (Lipinski definition) is 0. The standard InChI is InChI=1S/C20H22F3N3O4S/c1-19(31(27,28)16-5-3-4-14(10-16)20(21,22)23)7-9-30-18(12-19)17-11-15(6-8-24)25-26(17)13-29-2/h3-5,10-11,18H,6-7,9,12-13H2,1-2H3. The third kappa shape index (κ3) is 4.61. The Bertz CT molecular complexity index is 1090. The number of rotatable bonds is 6. The van der Waals surface area contributed by atoms with Gasteiger partial charge in [0, 0.05) is 13.7 Å². The summed E-state index contributed by atoms with van der Waals surface area (Å²) in [6.07, 6.45) is -5.10. The molecule has 2 heterocycles. The molecule has 11 heteroatoms. The number of sulfone groups is 1. The maximum atomic E-state index is 13.4. The van der Waals surface area contributed by atoms with Crippen LogP contribution >= 0.6 is 0 Å². The average Bonchev–Trinajstić information content (AvgIpc) is 3.10.